The standard InChI is InChI=1S/C13H17N3O2.C2HF3O2/c1-9-3-2-4-10(14-9)5-16-6-11-12(7-16)18-8-13(17)15-11;3-2(4,5)1(6)7/h2-4,11-12H,5-8H2,1H3,(H,15,17);(H,6,7)/t11-,12-;/m1./s1. The van der Waals surface area contributed by atoms with Gasteiger partial charge in [-0.25, -0.2) is 4.79 Å². The number of rotatable bonds is 2. The third kappa shape index (κ3) is 5.68. The SMILES string of the molecule is Cc1cccc(CN2C[C@H]3NC(=O)CO[C@@H]3C2)n1.O=C(O)C(F)(F)F. The number of carboxylic acid groups (broad SMARTS) is 1. The van der Waals surface area contributed by atoms with Crippen LogP contribution in [0.1, 0.15) is 11.4 Å². The van der Waals surface area contributed by atoms with E-state index in [9.17, 15) is 18.0 Å². The molecule has 1 amide bonds. The van der Waals surface area contributed by atoms with E-state index in [1.807, 2.05) is 25.1 Å². The molecule has 2 atom stereocenters. The third-order valence-corrected chi connectivity index (χ3v) is 3.69. The van der Waals surface area contributed by atoms with E-state index < -0.39 is 12.1 Å². The molecule has 1 aromatic rings. The number of aliphatic carboxylic acids is 1. The highest BCUT2D eigenvalue weighted by atomic mass is 19.4. The number of fused-ring (bicyclic) bond motifs is 1. The summed E-state index contributed by atoms with van der Waals surface area (Å²) in [5, 5.41) is 10.1. The van der Waals surface area contributed by atoms with Gasteiger partial charge in [0, 0.05) is 25.3 Å². The highest BCUT2D eigenvalue weighted by Gasteiger charge is 2.38. The molecule has 7 nitrogen and oxygen atoms in total. The van der Waals surface area contributed by atoms with Gasteiger partial charge in [0.05, 0.1) is 17.8 Å². The maximum absolute atomic E-state index is 11.2. The number of hydrogen-bond acceptors (Lipinski definition) is 5. The quantitative estimate of drug-likeness (QED) is 0.807. The molecule has 1 aromatic heterocycles. The molecule has 0 spiro atoms. The van der Waals surface area contributed by atoms with Gasteiger partial charge in [-0.05, 0) is 19.1 Å². The van der Waals surface area contributed by atoms with Crippen LogP contribution in [0.25, 0.3) is 0 Å². The van der Waals surface area contributed by atoms with Crippen molar-refractivity contribution in [2.75, 3.05) is 19.7 Å². The van der Waals surface area contributed by atoms with Gasteiger partial charge in [-0.15, -0.1) is 0 Å². The normalized spacial score (nSPS) is 23.3. The van der Waals surface area contributed by atoms with Crippen molar-refractivity contribution in [1.82, 2.24) is 15.2 Å². The molecule has 0 bridgehead atoms. The second-order valence-electron chi connectivity index (χ2n) is 5.79. The Balaban J connectivity index is 0.000000277. The summed E-state index contributed by atoms with van der Waals surface area (Å²) in [6.07, 6.45) is -4.95. The van der Waals surface area contributed by atoms with Crippen molar-refractivity contribution < 1.29 is 32.6 Å². The Hall–Kier alpha value is -2.20. The van der Waals surface area contributed by atoms with E-state index in [-0.39, 0.29) is 24.7 Å². The van der Waals surface area contributed by atoms with Crippen LogP contribution in [0, 0.1) is 6.92 Å². The minimum Gasteiger partial charge on any atom is -0.475 e. The number of likely N-dealkylation sites (tertiary alicyclic amines) is 1. The summed E-state index contributed by atoms with van der Waals surface area (Å²) >= 11 is 0. The number of carboxylic acids is 1. The van der Waals surface area contributed by atoms with Gasteiger partial charge in [0.25, 0.3) is 0 Å². The van der Waals surface area contributed by atoms with Crippen LogP contribution in [-0.2, 0) is 20.9 Å². The van der Waals surface area contributed by atoms with Gasteiger partial charge >= 0.3 is 12.1 Å². The summed E-state index contributed by atoms with van der Waals surface area (Å²) < 4.78 is 37.3. The Kier molecular flexibility index (Phi) is 5.96. The van der Waals surface area contributed by atoms with Crippen LogP contribution in [-0.4, -0.2) is 64.9 Å². The van der Waals surface area contributed by atoms with Gasteiger partial charge in [0.2, 0.25) is 5.91 Å². The Labute approximate surface area is 141 Å². The molecule has 0 aliphatic carbocycles. The zero-order valence-corrected chi connectivity index (χ0v) is 13.4. The molecule has 2 N–H and O–H groups in total. The molecule has 138 valence electrons. The minimum absolute atomic E-state index is 0.00761. The fourth-order valence-corrected chi connectivity index (χ4v) is 2.64. The Morgan fingerprint density at radius 1 is 1.44 bits per heavy atom. The zero-order valence-electron chi connectivity index (χ0n) is 13.4. The number of halogens is 3. The predicted octanol–water partition coefficient (Wildman–Crippen LogP) is 0.723. The van der Waals surface area contributed by atoms with E-state index in [0.29, 0.717) is 0 Å². The number of nitrogens with zero attached hydrogens (tertiary/aromatic N) is 2. The molecule has 0 aromatic carbocycles. The molecular formula is C15H18F3N3O4. The minimum atomic E-state index is -5.08. The van der Waals surface area contributed by atoms with Gasteiger partial charge in [0.15, 0.2) is 0 Å². The second kappa shape index (κ2) is 7.79. The lowest BCUT2D eigenvalue weighted by atomic mass is 10.2. The highest BCUT2D eigenvalue weighted by molar-refractivity contribution is 5.78. The van der Waals surface area contributed by atoms with E-state index >= 15 is 0 Å². The van der Waals surface area contributed by atoms with Crippen molar-refractivity contribution >= 4 is 11.9 Å². The largest absolute Gasteiger partial charge is 0.490 e. The molecule has 25 heavy (non-hydrogen) atoms. The number of morpholine rings is 1. The predicted molar refractivity (Wildman–Crippen MR) is 79.6 cm³/mol. The first kappa shape index (κ1) is 19.1. The van der Waals surface area contributed by atoms with Crippen LogP contribution in [0.2, 0.25) is 0 Å². The summed E-state index contributed by atoms with van der Waals surface area (Å²) in [6, 6.07) is 6.19. The Morgan fingerprint density at radius 3 is 2.72 bits per heavy atom. The highest BCUT2D eigenvalue weighted by Crippen LogP contribution is 2.18. The van der Waals surface area contributed by atoms with Crippen molar-refractivity contribution in [2.45, 2.75) is 31.8 Å². The van der Waals surface area contributed by atoms with Crippen molar-refractivity contribution in [3.05, 3.63) is 29.6 Å². The number of ether oxygens (including phenoxy) is 1. The number of aryl methyl sites for hydroxylation is 1. The summed E-state index contributed by atoms with van der Waals surface area (Å²) in [4.78, 5) is 26.9. The second-order valence-corrected chi connectivity index (χ2v) is 5.79. The molecular weight excluding hydrogens is 343 g/mol. The Morgan fingerprint density at radius 2 is 2.12 bits per heavy atom. The number of alkyl halides is 3. The van der Waals surface area contributed by atoms with Crippen LogP contribution < -0.4 is 5.32 Å². The number of hydrogen-bond donors (Lipinski definition) is 2. The number of carbonyl (C=O) groups is 2. The van der Waals surface area contributed by atoms with Gasteiger partial charge in [-0.3, -0.25) is 14.7 Å². The van der Waals surface area contributed by atoms with Crippen LogP contribution in [0.4, 0.5) is 13.2 Å². The third-order valence-electron chi connectivity index (χ3n) is 3.69. The van der Waals surface area contributed by atoms with Crippen molar-refractivity contribution in [3.63, 3.8) is 0 Å². The van der Waals surface area contributed by atoms with Crippen LogP contribution >= 0.6 is 0 Å². The summed E-state index contributed by atoms with van der Waals surface area (Å²) in [7, 11) is 0. The van der Waals surface area contributed by atoms with Gasteiger partial charge in [0.1, 0.15) is 6.61 Å². The molecule has 0 radical (unpaired) electrons. The summed E-state index contributed by atoms with van der Waals surface area (Å²) in [5.74, 6) is -2.76. The maximum atomic E-state index is 11.2. The van der Waals surface area contributed by atoms with E-state index in [1.54, 1.807) is 0 Å². The lowest BCUT2D eigenvalue weighted by Gasteiger charge is -2.25. The number of aromatic nitrogens is 1. The molecule has 2 aliphatic heterocycles. The molecule has 2 aliphatic rings. The van der Waals surface area contributed by atoms with Crippen molar-refractivity contribution in [3.8, 4) is 0 Å². The molecule has 2 saturated heterocycles. The van der Waals surface area contributed by atoms with E-state index in [1.165, 1.54) is 0 Å². The molecule has 0 unspecified atom stereocenters. The fourth-order valence-electron chi connectivity index (χ4n) is 2.64. The smallest absolute Gasteiger partial charge is 0.475 e. The first-order chi connectivity index (χ1) is 11.6. The lowest BCUT2D eigenvalue weighted by Crippen LogP contribution is -2.50. The average Bonchev–Trinajstić information content (AvgIpc) is 2.88. The van der Waals surface area contributed by atoms with Crippen LogP contribution in [0.5, 0.6) is 0 Å². The van der Waals surface area contributed by atoms with E-state index in [0.717, 1.165) is 31.0 Å². The van der Waals surface area contributed by atoms with E-state index in [4.69, 9.17) is 14.6 Å². The average molecular weight is 361 g/mol. The first-order valence-corrected chi connectivity index (χ1v) is 7.51. The molecule has 3 rings (SSSR count). The van der Waals surface area contributed by atoms with Crippen molar-refractivity contribution in [1.29, 1.82) is 0 Å². The zero-order chi connectivity index (χ0) is 18.6. The topological polar surface area (TPSA) is 91.8 Å². The van der Waals surface area contributed by atoms with Crippen LogP contribution in [0.15, 0.2) is 18.2 Å². The number of carbonyl (C=O) groups excluding carboxylic acids is 1. The maximum Gasteiger partial charge on any atom is 0.490 e. The lowest BCUT2D eigenvalue weighted by molar-refractivity contribution is -0.192. The molecule has 10 heteroatoms. The van der Waals surface area contributed by atoms with E-state index in [2.05, 4.69) is 15.2 Å². The monoisotopic (exact) mass is 361 g/mol. The first-order valence-electron chi connectivity index (χ1n) is 7.51. The molecule has 2 fully saturated rings. The van der Waals surface area contributed by atoms with Gasteiger partial charge < -0.3 is 15.2 Å². The number of pyridine rings is 1. The van der Waals surface area contributed by atoms with Crippen molar-refractivity contribution in [2.24, 2.45) is 0 Å². The van der Waals surface area contributed by atoms with Crippen LogP contribution in [0.3, 0.4) is 0 Å². The number of nitrogens with one attached hydrogen (secondary N) is 1. The summed E-state index contributed by atoms with van der Waals surface area (Å²) in [6.45, 7) is 4.70. The summed E-state index contributed by atoms with van der Waals surface area (Å²) in [5.41, 5.74) is 2.11. The van der Waals surface area contributed by atoms with Gasteiger partial charge in [-0.1, -0.05) is 6.07 Å². The molecule has 0 saturated carbocycles. The fraction of sp³-hybridized carbons (Fsp3) is 0.533. The molecule has 3 heterocycles. The van der Waals surface area contributed by atoms with Gasteiger partial charge in [-0.2, -0.15) is 13.2 Å². The Bertz CT molecular complexity index is 639. The number of amides is 1.